The van der Waals surface area contributed by atoms with Crippen molar-refractivity contribution < 1.29 is 20.2 Å². The van der Waals surface area contributed by atoms with Gasteiger partial charge < -0.3 is 22.1 Å². The third-order valence-electron chi connectivity index (χ3n) is 0.738. The standard InChI is InChI=1S/C4H8N2O3.H2O/c5-2(4(8)9)1-3(6)7;/h2H,1,5H2,(H2,6,7)(H,8,9);1H2/t2-;/m0./s1/i1+1,2+1,3+1,4+1;. The maximum atomic E-state index is 9.99. The number of hydrogen-bond donors (Lipinski definition) is 3. The number of carboxylic acids is 1. The van der Waals surface area contributed by atoms with Gasteiger partial charge in [-0.25, -0.2) is 0 Å². The number of nitrogens with two attached hydrogens (primary N) is 2. The second-order valence-corrected chi connectivity index (χ2v) is 1.62. The Morgan fingerprint density at radius 2 is 1.90 bits per heavy atom. The molecule has 0 aliphatic rings. The van der Waals surface area contributed by atoms with Crippen LogP contribution in [0.4, 0.5) is 0 Å². The average Bonchev–Trinajstić information content (AvgIpc) is 1.63. The molecule has 0 saturated carbocycles. The molecule has 0 aliphatic heterocycles. The molecule has 0 aliphatic carbocycles. The van der Waals surface area contributed by atoms with E-state index in [-0.39, 0.29) is 11.9 Å². The molecule has 1 amide bonds. The SMILES string of the molecule is N[13C](=O)[13CH2][13C@H](N)[13C](=O)O.O. The van der Waals surface area contributed by atoms with Crippen molar-refractivity contribution >= 4 is 11.9 Å². The average molecular weight is 154 g/mol. The van der Waals surface area contributed by atoms with Gasteiger partial charge in [-0.2, -0.15) is 0 Å². The number of carbonyl (C=O) groups is 2. The summed E-state index contributed by atoms with van der Waals surface area (Å²) in [6, 6.07) is -1.16. The van der Waals surface area contributed by atoms with Crippen molar-refractivity contribution in [1.82, 2.24) is 0 Å². The lowest BCUT2D eigenvalue weighted by molar-refractivity contribution is -0.140. The predicted molar refractivity (Wildman–Crippen MR) is 33.0 cm³/mol. The van der Waals surface area contributed by atoms with E-state index in [1.165, 1.54) is 0 Å². The molecule has 0 aromatic carbocycles. The Morgan fingerprint density at radius 1 is 1.50 bits per heavy atom. The van der Waals surface area contributed by atoms with Crippen LogP contribution in [0.15, 0.2) is 0 Å². The topological polar surface area (TPSA) is 138 Å². The summed E-state index contributed by atoms with van der Waals surface area (Å²) in [6.07, 6.45) is -0.310. The van der Waals surface area contributed by atoms with E-state index in [2.05, 4.69) is 5.73 Å². The predicted octanol–water partition coefficient (Wildman–Crippen LogP) is -2.55. The van der Waals surface area contributed by atoms with E-state index < -0.39 is 17.9 Å². The van der Waals surface area contributed by atoms with Crippen LogP contribution in [0.25, 0.3) is 0 Å². The molecule has 0 aromatic rings. The Kier molecular flexibility index (Phi) is 5.48. The molecule has 6 heteroatoms. The van der Waals surface area contributed by atoms with Gasteiger partial charge in [-0.15, -0.1) is 0 Å². The first kappa shape index (κ1) is 11.6. The Hall–Kier alpha value is -1.14. The van der Waals surface area contributed by atoms with Crippen LogP contribution in [0.5, 0.6) is 0 Å². The van der Waals surface area contributed by atoms with Crippen LogP contribution < -0.4 is 11.5 Å². The smallest absolute Gasteiger partial charge is 0.321 e. The zero-order valence-corrected chi connectivity index (χ0v) is 5.20. The molecule has 0 radical (unpaired) electrons. The minimum absolute atomic E-state index is 0. The molecule has 60 valence electrons. The molecule has 10 heavy (non-hydrogen) atoms. The van der Waals surface area contributed by atoms with Crippen molar-refractivity contribution in [2.24, 2.45) is 11.5 Å². The van der Waals surface area contributed by atoms with E-state index in [0.717, 1.165) is 0 Å². The van der Waals surface area contributed by atoms with Gasteiger partial charge in [-0.05, 0) is 0 Å². The Labute approximate surface area is 57.1 Å². The molecule has 0 fully saturated rings. The molecule has 0 unspecified atom stereocenters. The lowest BCUT2D eigenvalue weighted by Crippen LogP contribution is -2.34. The van der Waals surface area contributed by atoms with Gasteiger partial charge in [0.15, 0.2) is 0 Å². The lowest BCUT2D eigenvalue weighted by atomic mass is 11.1. The summed E-state index contributed by atoms with van der Waals surface area (Å²) in [7, 11) is 0. The fourth-order valence-electron chi connectivity index (χ4n) is 0.304. The van der Waals surface area contributed by atoms with Crippen molar-refractivity contribution in [2.45, 2.75) is 12.5 Å². The number of primary amides is 1. The summed E-state index contributed by atoms with van der Waals surface area (Å²) in [5.74, 6) is -1.92. The van der Waals surface area contributed by atoms with Crippen molar-refractivity contribution in [1.29, 1.82) is 0 Å². The molecule has 0 heterocycles. The number of carboxylic acid groups (broad SMARTS) is 1. The summed E-state index contributed by atoms with van der Waals surface area (Å²) < 4.78 is 0. The summed E-state index contributed by atoms with van der Waals surface area (Å²) in [6.45, 7) is 0. The Bertz CT molecular complexity index is 135. The van der Waals surface area contributed by atoms with Gasteiger partial charge >= 0.3 is 5.97 Å². The molecule has 0 bridgehead atoms. The van der Waals surface area contributed by atoms with Gasteiger partial charge in [0.25, 0.3) is 0 Å². The molecule has 1 atom stereocenters. The number of hydrogen-bond acceptors (Lipinski definition) is 3. The quantitative estimate of drug-likeness (QED) is 0.385. The van der Waals surface area contributed by atoms with Crippen molar-refractivity contribution in [3.63, 3.8) is 0 Å². The molecular weight excluding hydrogens is 144 g/mol. The molecule has 6 nitrogen and oxygen atoms in total. The summed E-state index contributed by atoms with van der Waals surface area (Å²) in [4.78, 5) is 19.9. The highest BCUT2D eigenvalue weighted by molar-refractivity contribution is 5.82. The number of amides is 1. The Balaban J connectivity index is 0. The minimum atomic E-state index is -1.21. The normalized spacial score (nSPS) is 11.3. The van der Waals surface area contributed by atoms with Crippen LogP contribution in [-0.2, 0) is 9.59 Å². The van der Waals surface area contributed by atoms with Gasteiger partial charge in [0.05, 0.1) is 6.42 Å². The minimum Gasteiger partial charge on any atom is -0.480 e. The number of carbonyl (C=O) groups excluding carboxylic acids is 1. The highest BCUT2D eigenvalue weighted by Gasteiger charge is 2.13. The second-order valence-electron chi connectivity index (χ2n) is 1.62. The van der Waals surface area contributed by atoms with E-state index >= 15 is 0 Å². The van der Waals surface area contributed by atoms with Crippen LogP contribution in [0.3, 0.4) is 0 Å². The van der Waals surface area contributed by atoms with Gasteiger partial charge in [-0.1, -0.05) is 0 Å². The van der Waals surface area contributed by atoms with Crippen LogP contribution in [0.2, 0.25) is 0 Å². The molecule has 0 aromatic heterocycles. The third-order valence-corrected chi connectivity index (χ3v) is 0.738. The van der Waals surface area contributed by atoms with Gasteiger partial charge in [0.2, 0.25) is 5.91 Å². The van der Waals surface area contributed by atoms with Crippen LogP contribution in [0.1, 0.15) is 6.42 Å². The number of aliphatic carboxylic acids is 1. The molecule has 0 rings (SSSR count). The van der Waals surface area contributed by atoms with E-state index in [1.807, 2.05) is 0 Å². The maximum absolute atomic E-state index is 9.99. The summed E-state index contributed by atoms with van der Waals surface area (Å²) in [5, 5.41) is 8.10. The van der Waals surface area contributed by atoms with Crippen LogP contribution in [-0.4, -0.2) is 28.5 Å². The fraction of sp³-hybridized carbons (Fsp3) is 0.500. The number of rotatable bonds is 3. The zero-order valence-electron chi connectivity index (χ0n) is 5.20. The third kappa shape index (κ3) is 5.01. The van der Waals surface area contributed by atoms with E-state index in [0.29, 0.717) is 0 Å². The monoisotopic (exact) mass is 154 g/mol. The van der Waals surface area contributed by atoms with Crippen LogP contribution in [0, 0.1) is 0 Å². The van der Waals surface area contributed by atoms with E-state index in [4.69, 9.17) is 10.8 Å². The van der Waals surface area contributed by atoms with Gasteiger partial charge in [0.1, 0.15) is 6.04 Å². The fourth-order valence-corrected chi connectivity index (χ4v) is 0.304. The molecule has 0 spiro atoms. The zero-order chi connectivity index (χ0) is 7.44. The summed E-state index contributed by atoms with van der Waals surface area (Å²) in [5.41, 5.74) is 9.57. The van der Waals surface area contributed by atoms with Gasteiger partial charge in [-0.3, -0.25) is 9.59 Å². The maximum Gasteiger partial charge on any atom is 0.321 e. The molecule has 0 saturated heterocycles. The van der Waals surface area contributed by atoms with Crippen LogP contribution >= 0.6 is 0 Å². The first-order valence-electron chi connectivity index (χ1n) is 2.30. The van der Waals surface area contributed by atoms with Crippen molar-refractivity contribution in [3.05, 3.63) is 0 Å². The Morgan fingerprint density at radius 3 is 2.00 bits per heavy atom. The van der Waals surface area contributed by atoms with Gasteiger partial charge in [0, 0.05) is 0 Å². The second kappa shape index (κ2) is 4.71. The first-order chi connectivity index (χ1) is 4.04. The van der Waals surface area contributed by atoms with Crippen molar-refractivity contribution in [2.75, 3.05) is 0 Å². The largest absolute Gasteiger partial charge is 0.480 e. The highest BCUT2D eigenvalue weighted by Crippen LogP contribution is 1.84. The molecule has 7 N–H and O–H groups in total. The summed E-state index contributed by atoms with van der Waals surface area (Å²) >= 11 is 0. The molecular formula is C4H10N2O4. The highest BCUT2D eigenvalue weighted by atomic mass is 16.5. The first-order valence-corrected chi connectivity index (χ1v) is 2.30. The van der Waals surface area contributed by atoms with E-state index in [1.54, 1.807) is 0 Å². The van der Waals surface area contributed by atoms with E-state index in [9.17, 15) is 9.59 Å². The van der Waals surface area contributed by atoms with Crippen molar-refractivity contribution in [3.8, 4) is 0 Å². The lowest BCUT2D eigenvalue weighted by Gasteiger charge is -1.99.